The maximum absolute atomic E-state index is 6.04. The standard InChI is InChI=1S/C15H25N5/c1-4-12(16)9-15-17-7-8-19(15)11-14-10-13(5-2)18-20(14)6-3/h7-8,10,12H,4-6,9,11,16H2,1-3H3. The number of nitrogens with zero attached hydrogens (tertiary/aromatic N) is 4. The Labute approximate surface area is 120 Å². The van der Waals surface area contributed by atoms with Crippen LogP contribution in [-0.4, -0.2) is 25.4 Å². The van der Waals surface area contributed by atoms with Crippen LogP contribution in [0.4, 0.5) is 0 Å². The number of rotatable bonds is 7. The molecule has 0 bridgehead atoms. The van der Waals surface area contributed by atoms with Gasteiger partial charge in [0.2, 0.25) is 0 Å². The number of aromatic nitrogens is 4. The van der Waals surface area contributed by atoms with E-state index in [1.54, 1.807) is 0 Å². The van der Waals surface area contributed by atoms with Crippen LogP contribution in [0.15, 0.2) is 18.5 Å². The number of imidazole rings is 1. The van der Waals surface area contributed by atoms with Crippen LogP contribution in [0.1, 0.15) is 44.4 Å². The zero-order valence-electron chi connectivity index (χ0n) is 12.7. The summed E-state index contributed by atoms with van der Waals surface area (Å²) in [6, 6.07) is 2.37. The van der Waals surface area contributed by atoms with Crippen LogP contribution < -0.4 is 5.73 Å². The lowest BCUT2D eigenvalue weighted by molar-refractivity contribution is 0.566. The van der Waals surface area contributed by atoms with E-state index >= 15 is 0 Å². The van der Waals surface area contributed by atoms with Crippen molar-refractivity contribution in [1.82, 2.24) is 19.3 Å². The van der Waals surface area contributed by atoms with Gasteiger partial charge in [-0.05, 0) is 25.8 Å². The first-order valence-corrected chi connectivity index (χ1v) is 7.49. The summed E-state index contributed by atoms with van der Waals surface area (Å²) in [7, 11) is 0. The van der Waals surface area contributed by atoms with Crippen molar-refractivity contribution >= 4 is 0 Å². The molecule has 0 aromatic carbocycles. The molecule has 0 aliphatic carbocycles. The van der Waals surface area contributed by atoms with Gasteiger partial charge in [-0.1, -0.05) is 13.8 Å². The molecule has 110 valence electrons. The van der Waals surface area contributed by atoms with E-state index in [9.17, 15) is 0 Å². The zero-order valence-corrected chi connectivity index (χ0v) is 12.7. The summed E-state index contributed by atoms with van der Waals surface area (Å²) in [5.74, 6) is 1.06. The zero-order chi connectivity index (χ0) is 14.5. The lowest BCUT2D eigenvalue weighted by atomic mass is 10.1. The lowest BCUT2D eigenvalue weighted by Crippen LogP contribution is -2.24. The third kappa shape index (κ3) is 3.28. The van der Waals surface area contributed by atoms with Crippen molar-refractivity contribution in [2.45, 2.75) is 59.2 Å². The molecule has 2 aromatic rings. The Balaban J connectivity index is 2.17. The van der Waals surface area contributed by atoms with Crippen LogP contribution in [0.25, 0.3) is 0 Å². The van der Waals surface area contributed by atoms with Gasteiger partial charge in [0.15, 0.2) is 0 Å². The van der Waals surface area contributed by atoms with E-state index in [4.69, 9.17) is 5.73 Å². The second-order valence-corrected chi connectivity index (χ2v) is 5.14. The minimum absolute atomic E-state index is 0.179. The summed E-state index contributed by atoms with van der Waals surface area (Å²) in [6.45, 7) is 8.07. The van der Waals surface area contributed by atoms with Crippen molar-refractivity contribution in [2.75, 3.05) is 0 Å². The van der Waals surface area contributed by atoms with Gasteiger partial charge in [-0.25, -0.2) is 4.98 Å². The molecule has 2 aromatic heterocycles. The quantitative estimate of drug-likeness (QED) is 0.840. The maximum atomic E-state index is 6.04. The molecular formula is C15H25N5. The molecule has 0 spiro atoms. The normalized spacial score (nSPS) is 12.8. The van der Waals surface area contributed by atoms with Gasteiger partial charge in [0.25, 0.3) is 0 Å². The summed E-state index contributed by atoms with van der Waals surface area (Å²) in [6.07, 6.45) is 6.64. The summed E-state index contributed by atoms with van der Waals surface area (Å²) in [4.78, 5) is 4.44. The Kier molecular flexibility index (Phi) is 4.95. The van der Waals surface area contributed by atoms with Crippen LogP contribution in [0.2, 0.25) is 0 Å². The fraction of sp³-hybridized carbons (Fsp3) is 0.600. The molecule has 0 amide bonds. The predicted molar refractivity (Wildman–Crippen MR) is 80.6 cm³/mol. The monoisotopic (exact) mass is 275 g/mol. The Hall–Kier alpha value is -1.62. The second-order valence-electron chi connectivity index (χ2n) is 5.14. The molecule has 0 fully saturated rings. The third-order valence-electron chi connectivity index (χ3n) is 3.68. The van der Waals surface area contributed by atoms with Gasteiger partial charge in [-0.2, -0.15) is 5.10 Å². The van der Waals surface area contributed by atoms with Gasteiger partial charge in [-0.15, -0.1) is 0 Å². The molecule has 1 unspecified atom stereocenters. The SMILES string of the molecule is CCc1cc(Cn2ccnc2CC(N)CC)n(CC)n1. The van der Waals surface area contributed by atoms with Gasteiger partial charge in [-0.3, -0.25) is 4.68 Å². The number of nitrogens with two attached hydrogens (primary N) is 1. The van der Waals surface area contributed by atoms with E-state index in [1.165, 1.54) is 5.69 Å². The fourth-order valence-corrected chi connectivity index (χ4v) is 2.32. The van der Waals surface area contributed by atoms with E-state index in [0.717, 1.165) is 43.9 Å². The summed E-state index contributed by atoms with van der Waals surface area (Å²) in [5.41, 5.74) is 8.41. The van der Waals surface area contributed by atoms with Crippen molar-refractivity contribution in [3.63, 3.8) is 0 Å². The molecule has 0 radical (unpaired) electrons. The first kappa shape index (κ1) is 14.8. The largest absolute Gasteiger partial charge is 0.329 e. The van der Waals surface area contributed by atoms with Crippen molar-refractivity contribution < 1.29 is 0 Å². The molecule has 2 N–H and O–H groups in total. The Morgan fingerprint density at radius 2 is 2.10 bits per heavy atom. The van der Waals surface area contributed by atoms with Crippen molar-refractivity contribution in [1.29, 1.82) is 0 Å². The van der Waals surface area contributed by atoms with Gasteiger partial charge in [0.1, 0.15) is 5.82 Å². The summed E-state index contributed by atoms with van der Waals surface area (Å²) < 4.78 is 4.25. The highest BCUT2D eigenvalue weighted by Crippen LogP contribution is 2.11. The molecule has 0 aliphatic heterocycles. The summed E-state index contributed by atoms with van der Waals surface area (Å²) in [5, 5.41) is 4.59. The Morgan fingerprint density at radius 1 is 1.30 bits per heavy atom. The van der Waals surface area contributed by atoms with Gasteiger partial charge >= 0.3 is 0 Å². The van der Waals surface area contributed by atoms with E-state index in [1.807, 2.05) is 12.4 Å². The highest BCUT2D eigenvalue weighted by molar-refractivity contribution is 5.12. The molecule has 5 nitrogen and oxygen atoms in total. The lowest BCUT2D eigenvalue weighted by Gasteiger charge is -2.12. The molecule has 1 atom stereocenters. The van der Waals surface area contributed by atoms with Gasteiger partial charge in [0.05, 0.1) is 17.9 Å². The molecule has 5 heteroatoms. The van der Waals surface area contributed by atoms with Crippen LogP contribution in [0, 0.1) is 0 Å². The fourth-order valence-electron chi connectivity index (χ4n) is 2.32. The second kappa shape index (κ2) is 6.70. The first-order valence-electron chi connectivity index (χ1n) is 7.49. The Morgan fingerprint density at radius 3 is 2.75 bits per heavy atom. The van der Waals surface area contributed by atoms with E-state index in [0.29, 0.717) is 0 Å². The average molecular weight is 275 g/mol. The van der Waals surface area contributed by atoms with Crippen molar-refractivity contribution in [3.05, 3.63) is 35.7 Å². The highest BCUT2D eigenvalue weighted by atomic mass is 15.3. The number of hydrogen-bond donors (Lipinski definition) is 1. The minimum atomic E-state index is 0.179. The highest BCUT2D eigenvalue weighted by Gasteiger charge is 2.11. The molecular weight excluding hydrogens is 250 g/mol. The van der Waals surface area contributed by atoms with Crippen molar-refractivity contribution in [2.24, 2.45) is 5.73 Å². The number of aryl methyl sites for hydroxylation is 2. The third-order valence-corrected chi connectivity index (χ3v) is 3.68. The van der Waals surface area contributed by atoms with E-state index in [-0.39, 0.29) is 6.04 Å². The smallest absolute Gasteiger partial charge is 0.110 e. The molecule has 0 saturated carbocycles. The minimum Gasteiger partial charge on any atom is -0.329 e. The van der Waals surface area contributed by atoms with Gasteiger partial charge < -0.3 is 10.3 Å². The maximum Gasteiger partial charge on any atom is 0.110 e. The molecule has 20 heavy (non-hydrogen) atoms. The van der Waals surface area contributed by atoms with E-state index in [2.05, 4.69) is 46.2 Å². The molecule has 2 rings (SSSR count). The van der Waals surface area contributed by atoms with E-state index < -0.39 is 0 Å². The predicted octanol–water partition coefficient (Wildman–Crippen LogP) is 1.99. The first-order chi connectivity index (χ1) is 9.67. The van der Waals surface area contributed by atoms with Crippen LogP contribution in [0.3, 0.4) is 0 Å². The average Bonchev–Trinajstić information content (AvgIpc) is 3.06. The van der Waals surface area contributed by atoms with Crippen molar-refractivity contribution in [3.8, 4) is 0 Å². The van der Waals surface area contributed by atoms with Gasteiger partial charge in [0, 0.05) is 31.4 Å². The van der Waals surface area contributed by atoms with Crippen LogP contribution in [0.5, 0.6) is 0 Å². The Bertz CT molecular complexity index is 540. The topological polar surface area (TPSA) is 61.7 Å². The molecule has 0 aliphatic rings. The molecule has 0 saturated heterocycles. The molecule has 2 heterocycles. The summed E-state index contributed by atoms with van der Waals surface area (Å²) >= 11 is 0. The number of hydrogen-bond acceptors (Lipinski definition) is 3. The van der Waals surface area contributed by atoms with Crippen LogP contribution >= 0.6 is 0 Å². The van der Waals surface area contributed by atoms with Crippen LogP contribution in [-0.2, 0) is 25.9 Å².